The Hall–Kier alpha value is -1.29. The summed E-state index contributed by atoms with van der Waals surface area (Å²) in [6, 6.07) is 3.47. The maximum Gasteiger partial charge on any atom is 0.272 e. The van der Waals surface area contributed by atoms with Gasteiger partial charge in [-0.15, -0.1) is 12.4 Å². The second-order valence-electron chi connectivity index (χ2n) is 6.33. The van der Waals surface area contributed by atoms with Crippen LogP contribution in [-0.2, 0) is 0 Å². The van der Waals surface area contributed by atoms with E-state index in [1.807, 2.05) is 4.90 Å². The normalized spacial score (nSPS) is 20.9. The van der Waals surface area contributed by atoms with Crippen molar-refractivity contribution in [2.75, 3.05) is 18.8 Å². The molecule has 1 saturated carbocycles. The lowest BCUT2D eigenvalue weighted by molar-refractivity contribution is 0.0467. The molecule has 2 fully saturated rings. The zero-order chi connectivity index (χ0) is 14.0. The number of carbonyl (C=O) groups is 1. The highest BCUT2D eigenvalue weighted by Crippen LogP contribution is 2.44. The molecular weight excluding hydrogens is 286 g/mol. The number of rotatable bonds is 1. The highest BCUT2D eigenvalue weighted by Gasteiger charge is 2.36. The number of anilines is 1. The van der Waals surface area contributed by atoms with Gasteiger partial charge in [0.15, 0.2) is 0 Å². The van der Waals surface area contributed by atoms with Crippen molar-refractivity contribution in [1.29, 1.82) is 0 Å². The summed E-state index contributed by atoms with van der Waals surface area (Å²) in [7, 11) is 0. The van der Waals surface area contributed by atoms with Crippen LogP contribution < -0.4 is 5.73 Å². The van der Waals surface area contributed by atoms with Gasteiger partial charge < -0.3 is 10.6 Å². The number of nitrogens with two attached hydrogens (primary N) is 1. The maximum atomic E-state index is 12.4. The lowest BCUT2D eigenvalue weighted by atomic mass is 9.68. The Morgan fingerprint density at radius 3 is 2.33 bits per heavy atom. The number of aromatic nitrogens is 1. The van der Waals surface area contributed by atoms with E-state index in [2.05, 4.69) is 4.98 Å². The van der Waals surface area contributed by atoms with Crippen molar-refractivity contribution in [3.8, 4) is 0 Å². The summed E-state index contributed by atoms with van der Waals surface area (Å²) in [6.45, 7) is 1.76. The number of nitrogen functional groups attached to an aromatic ring is 1. The molecule has 5 heteroatoms. The van der Waals surface area contributed by atoms with Crippen LogP contribution in [-0.4, -0.2) is 28.9 Å². The largest absolute Gasteiger partial charge is 0.397 e. The Balaban J connectivity index is 0.00000161. The van der Waals surface area contributed by atoms with E-state index < -0.39 is 0 Å². The summed E-state index contributed by atoms with van der Waals surface area (Å²) < 4.78 is 0. The third-order valence-corrected chi connectivity index (χ3v) is 5.03. The van der Waals surface area contributed by atoms with Crippen LogP contribution >= 0.6 is 12.4 Å². The molecule has 2 aliphatic rings. The maximum absolute atomic E-state index is 12.4. The fourth-order valence-corrected chi connectivity index (χ4v) is 3.68. The van der Waals surface area contributed by atoms with Gasteiger partial charge >= 0.3 is 0 Å². The Morgan fingerprint density at radius 2 is 1.76 bits per heavy atom. The Morgan fingerprint density at radius 1 is 1.10 bits per heavy atom. The van der Waals surface area contributed by atoms with Crippen molar-refractivity contribution in [1.82, 2.24) is 9.88 Å². The molecule has 2 N–H and O–H groups in total. The molecule has 1 aliphatic carbocycles. The fraction of sp³-hybridized carbons (Fsp3) is 0.625. The van der Waals surface area contributed by atoms with Gasteiger partial charge in [-0.1, -0.05) is 19.3 Å². The van der Waals surface area contributed by atoms with Gasteiger partial charge in [-0.3, -0.25) is 4.79 Å². The third kappa shape index (κ3) is 3.49. The van der Waals surface area contributed by atoms with Gasteiger partial charge in [-0.2, -0.15) is 0 Å². The van der Waals surface area contributed by atoms with E-state index in [4.69, 9.17) is 5.73 Å². The number of nitrogens with zero attached hydrogens (tertiary/aromatic N) is 2. The van der Waals surface area contributed by atoms with Gasteiger partial charge in [-0.05, 0) is 43.2 Å². The highest BCUT2D eigenvalue weighted by molar-refractivity contribution is 5.92. The molecule has 1 spiro atoms. The van der Waals surface area contributed by atoms with Gasteiger partial charge in [0.25, 0.3) is 5.91 Å². The first-order valence-corrected chi connectivity index (χ1v) is 7.69. The first kappa shape index (κ1) is 16.1. The minimum absolute atomic E-state index is 0. The summed E-state index contributed by atoms with van der Waals surface area (Å²) in [4.78, 5) is 18.5. The van der Waals surface area contributed by atoms with Crippen LogP contribution in [0.5, 0.6) is 0 Å². The third-order valence-electron chi connectivity index (χ3n) is 5.03. The summed E-state index contributed by atoms with van der Waals surface area (Å²) in [5.41, 5.74) is 7.25. The molecule has 0 unspecified atom stereocenters. The molecular formula is C16H24ClN3O. The quantitative estimate of drug-likeness (QED) is 0.866. The zero-order valence-electron chi connectivity index (χ0n) is 12.4. The molecule has 1 amide bonds. The number of pyridine rings is 1. The van der Waals surface area contributed by atoms with E-state index >= 15 is 0 Å². The van der Waals surface area contributed by atoms with Crippen molar-refractivity contribution < 1.29 is 4.79 Å². The average Bonchev–Trinajstić information content (AvgIpc) is 2.49. The number of piperidine rings is 1. The smallest absolute Gasteiger partial charge is 0.272 e. The Kier molecular flexibility index (Phi) is 5.09. The molecule has 2 heterocycles. The van der Waals surface area contributed by atoms with Crippen molar-refractivity contribution in [3.63, 3.8) is 0 Å². The van der Waals surface area contributed by atoms with Crippen LogP contribution in [0.15, 0.2) is 18.3 Å². The molecule has 3 rings (SSSR count). The van der Waals surface area contributed by atoms with E-state index in [0.29, 0.717) is 16.8 Å². The molecule has 0 atom stereocenters. The summed E-state index contributed by atoms with van der Waals surface area (Å²) in [5.74, 6) is 0.0515. The number of amides is 1. The monoisotopic (exact) mass is 309 g/mol. The molecule has 116 valence electrons. The van der Waals surface area contributed by atoms with Gasteiger partial charge in [0.1, 0.15) is 5.69 Å². The van der Waals surface area contributed by atoms with Crippen LogP contribution in [0.25, 0.3) is 0 Å². The second-order valence-corrected chi connectivity index (χ2v) is 6.33. The van der Waals surface area contributed by atoms with E-state index in [-0.39, 0.29) is 18.3 Å². The minimum atomic E-state index is 0. The molecule has 1 saturated heterocycles. The number of halogens is 1. The van der Waals surface area contributed by atoms with E-state index in [9.17, 15) is 4.79 Å². The molecule has 1 aromatic rings. The van der Waals surface area contributed by atoms with Crippen LogP contribution in [0.3, 0.4) is 0 Å². The van der Waals surface area contributed by atoms with Gasteiger partial charge in [0.05, 0.1) is 11.9 Å². The SMILES string of the molecule is Cl.Nc1ccc(C(=O)N2CCC3(CCCCC3)CC2)nc1. The number of hydrogen-bond acceptors (Lipinski definition) is 3. The van der Waals surface area contributed by atoms with Gasteiger partial charge in [0.2, 0.25) is 0 Å². The number of carbonyl (C=O) groups excluding carboxylic acids is 1. The fourth-order valence-electron chi connectivity index (χ4n) is 3.68. The molecule has 21 heavy (non-hydrogen) atoms. The molecule has 0 bridgehead atoms. The van der Waals surface area contributed by atoms with Gasteiger partial charge in [0, 0.05) is 13.1 Å². The summed E-state index contributed by atoms with van der Waals surface area (Å²) in [6.07, 6.45) is 10.7. The standard InChI is InChI=1S/C16H23N3O.ClH/c17-13-4-5-14(18-12-13)15(20)19-10-8-16(9-11-19)6-2-1-3-7-16;/h4-5,12H,1-3,6-11,17H2;1H. The number of hydrogen-bond donors (Lipinski definition) is 1. The topological polar surface area (TPSA) is 59.2 Å². The molecule has 1 aliphatic heterocycles. The molecule has 4 nitrogen and oxygen atoms in total. The van der Waals surface area contributed by atoms with E-state index in [1.54, 1.807) is 18.3 Å². The van der Waals surface area contributed by atoms with Crippen LogP contribution in [0, 0.1) is 5.41 Å². The zero-order valence-corrected chi connectivity index (χ0v) is 13.2. The summed E-state index contributed by atoms with van der Waals surface area (Å²) in [5, 5.41) is 0. The first-order chi connectivity index (χ1) is 9.69. The molecule has 0 radical (unpaired) electrons. The lowest BCUT2D eigenvalue weighted by Crippen LogP contribution is -2.44. The van der Waals surface area contributed by atoms with Crippen molar-refractivity contribution in [2.24, 2.45) is 5.41 Å². The Labute approximate surface area is 132 Å². The molecule has 0 aromatic carbocycles. The van der Waals surface area contributed by atoms with Gasteiger partial charge in [-0.25, -0.2) is 4.98 Å². The second kappa shape index (κ2) is 6.65. The minimum Gasteiger partial charge on any atom is -0.397 e. The van der Waals surface area contributed by atoms with E-state index in [1.165, 1.54) is 32.1 Å². The van der Waals surface area contributed by atoms with Crippen molar-refractivity contribution in [3.05, 3.63) is 24.0 Å². The van der Waals surface area contributed by atoms with Crippen LogP contribution in [0.2, 0.25) is 0 Å². The predicted octanol–water partition coefficient (Wildman–Crippen LogP) is 3.27. The first-order valence-electron chi connectivity index (χ1n) is 7.69. The average molecular weight is 310 g/mol. The molecule has 1 aromatic heterocycles. The number of likely N-dealkylation sites (tertiary alicyclic amines) is 1. The lowest BCUT2D eigenvalue weighted by Gasteiger charge is -2.44. The van der Waals surface area contributed by atoms with Crippen molar-refractivity contribution in [2.45, 2.75) is 44.9 Å². The van der Waals surface area contributed by atoms with E-state index in [0.717, 1.165) is 25.9 Å². The van der Waals surface area contributed by atoms with Crippen LogP contribution in [0.1, 0.15) is 55.4 Å². The highest BCUT2D eigenvalue weighted by atomic mass is 35.5. The summed E-state index contributed by atoms with van der Waals surface area (Å²) >= 11 is 0. The Bertz CT molecular complexity index is 473. The predicted molar refractivity (Wildman–Crippen MR) is 86.6 cm³/mol. The van der Waals surface area contributed by atoms with Crippen LogP contribution in [0.4, 0.5) is 5.69 Å². The van der Waals surface area contributed by atoms with Crippen molar-refractivity contribution >= 4 is 24.0 Å².